The number of para-hydroxylation sites is 1. The number of ether oxygens (including phenoxy) is 1. The molecule has 2 aromatic carbocycles. The van der Waals surface area contributed by atoms with Gasteiger partial charge in [0.1, 0.15) is 5.75 Å². The molecule has 1 heterocycles. The fourth-order valence-corrected chi connectivity index (χ4v) is 2.66. The molecule has 0 unspecified atom stereocenters. The zero-order valence-corrected chi connectivity index (χ0v) is 14.0. The number of aromatic nitrogens is 2. The number of nitrogens with zero attached hydrogens (tertiary/aromatic N) is 2. The van der Waals surface area contributed by atoms with Gasteiger partial charge in [0.15, 0.2) is 5.82 Å². The summed E-state index contributed by atoms with van der Waals surface area (Å²) in [6.07, 6.45) is 0.677. The summed E-state index contributed by atoms with van der Waals surface area (Å²) in [6, 6.07) is 16.2. The Morgan fingerprint density at radius 1 is 1.04 bits per heavy atom. The van der Waals surface area contributed by atoms with Gasteiger partial charge in [-0.25, -0.2) is 0 Å². The van der Waals surface area contributed by atoms with Crippen molar-refractivity contribution in [2.75, 3.05) is 7.11 Å². The molecule has 0 radical (unpaired) electrons. The van der Waals surface area contributed by atoms with Gasteiger partial charge in [-0.3, -0.25) is 0 Å². The van der Waals surface area contributed by atoms with Crippen LogP contribution >= 0.6 is 0 Å². The van der Waals surface area contributed by atoms with Gasteiger partial charge in [0, 0.05) is 18.5 Å². The van der Waals surface area contributed by atoms with Crippen LogP contribution in [-0.2, 0) is 19.5 Å². The molecule has 3 aromatic rings. The summed E-state index contributed by atoms with van der Waals surface area (Å²) in [5.74, 6) is 2.21. The number of methoxy groups -OCH3 is 1. The Morgan fingerprint density at radius 2 is 1.88 bits per heavy atom. The highest BCUT2D eigenvalue weighted by atomic mass is 16.5. The molecular weight excluding hydrogens is 302 g/mol. The Labute approximate surface area is 141 Å². The Morgan fingerprint density at radius 3 is 2.67 bits per heavy atom. The first-order valence-corrected chi connectivity index (χ1v) is 7.95. The summed E-state index contributed by atoms with van der Waals surface area (Å²) in [5.41, 5.74) is 3.41. The van der Waals surface area contributed by atoms with Gasteiger partial charge < -0.3 is 14.6 Å². The lowest BCUT2D eigenvalue weighted by Gasteiger charge is -2.11. The SMILES string of the molecule is COc1c(C)cccc1CNCc1nc(Cc2ccccc2)no1. The fourth-order valence-electron chi connectivity index (χ4n) is 2.66. The van der Waals surface area contributed by atoms with E-state index < -0.39 is 0 Å². The molecule has 0 saturated carbocycles. The molecule has 0 saturated heterocycles. The lowest BCUT2D eigenvalue weighted by Crippen LogP contribution is -2.14. The van der Waals surface area contributed by atoms with Gasteiger partial charge in [-0.15, -0.1) is 0 Å². The van der Waals surface area contributed by atoms with Crippen LogP contribution in [0.15, 0.2) is 53.1 Å². The average molecular weight is 323 g/mol. The Hall–Kier alpha value is -2.66. The average Bonchev–Trinajstić information content (AvgIpc) is 3.03. The summed E-state index contributed by atoms with van der Waals surface area (Å²) in [4.78, 5) is 4.43. The summed E-state index contributed by atoms with van der Waals surface area (Å²) >= 11 is 0. The molecule has 0 aliphatic heterocycles. The first kappa shape index (κ1) is 16.2. The van der Waals surface area contributed by atoms with E-state index in [0.717, 1.165) is 16.9 Å². The van der Waals surface area contributed by atoms with Gasteiger partial charge in [-0.1, -0.05) is 53.7 Å². The first-order valence-electron chi connectivity index (χ1n) is 7.95. The first-order chi connectivity index (χ1) is 11.8. The summed E-state index contributed by atoms with van der Waals surface area (Å²) in [7, 11) is 1.69. The highest BCUT2D eigenvalue weighted by molar-refractivity contribution is 5.40. The minimum absolute atomic E-state index is 0.527. The molecule has 0 atom stereocenters. The number of benzene rings is 2. The molecule has 0 bridgehead atoms. The third-order valence-electron chi connectivity index (χ3n) is 3.80. The van der Waals surface area contributed by atoms with Crippen LogP contribution in [0, 0.1) is 6.92 Å². The van der Waals surface area contributed by atoms with Gasteiger partial charge in [-0.05, 0) is 18.1 Å². The third-order valence-corrected chi connectivity index (χ3v) is 3.80. The largest absolute Gasteiger partial charge is 0.496 e. The van der Waals surface area contributed by atoms with E-state index in [1.54, 1.807) is 7.11 Å². The van der Waals surface area contributed by atoms with Crippen LogP contribution in [0.2, 0.25) is 0 Å². The lowest BCUT2D eigenvalue weighted by molar-refractivity contribution is 0.361. The Balaban J connectivity index is 1.55. The van der Waals surface area contributed by atoms with Crippen molar-refractivity contribution in [2.24, 2.45) is 0 Å². The summed E-state index contributed by atoms with van der Waals surface area (Å²) in [6.45, 7) is 3.25. The van der Waals surface area contributed by atoms with Crippen LogP contribution in [0.25, 0.3) is 0 Å². The van der Waals surface area contributed by atoms with E-state index >= 15 is 0 Å². The molecule has 0 spiro atoms. The molecule has 5 heteroatoms. The second-order valence-electron chi connectivity index (χ2n) is 5.64. The maximum Gasteiger partial charge on any atom is 0.240 e. The van der Waals surface area contributed by atoms with Crippen molar-refractivity contribution in [1.82, 2.24) is 15.5 Å². The maximum absolute atomic E-state index is 5.46. The van der Waals surface area contributed by atoms with Crippen molar-refractivity contribution in [3.8, 4) is 5.75 Å². The molecular formula is C19H21N3O2. The maximum atomic E-state index is 5.46. The van der Waals surface area contributed by atoms with Crippen LogP contribution < -0.4 is 10.1 Å². The van der Waals surface area contributed by atoms with Crippen LogP contribution in [0.5, 0.6) is 5.75 Å². The number of nitrogens with one attached hydrogen (secondary N) is 1. The molecule has 24 heavy (non-hydrogen) atoms. The Kier molecular flexibility index (Phi) is 5.23. The van der Waals surface area contributed by atoms with E-state index in [9.17, 15) is 0 Å². The van der Waals surface area contributed by atoms with Gasteiger partial charge in [0.05, 0.1) is 13.7 Å². The van der Waals surface area contributed by atoms with Crippen molar-refractivity contribution >= 4 is 0 Å². The molecule has 0 fully saturated rings. The van der Waals surface area contributed by atoms with Gasteiger partial charge in [-0.2, -0.15) is 4.98 Å². The van der Waals surface area contributed by atoms with E-state index in [0.29, 0.717) is 31.2 Å². The van der Waals surface area contributed by atoms with Crippen molar-refractivity contribution in [1.29, 1.82) is 0 Å². The van der Waals surface area contributed by atoms with Crippen molar-refractivity contribution < 1.29 is 9.26 Å². The molecule has 124 valence electrons. The Bertz CT molecular complexity index is 784. The molecule has 1 aromatic heterocycles. The van der Waals surface area contributed by atoms with Crippen molar-refractivity contribution in [2.45, 2.75) is 26.4 Å². The second-order valence-corrected chi connectivity index (χ2v) is 5.64. The predicted octanol–water partition coefficient (Wildman–Crippen LogP) is 3.27. The molecule has 3 rings (SSSR count). The van der Waals surface area contributed by atoms with Gasteiger partial charge in [0.2, 0.25) is 5.89 Å². The highest BCUT2D eigenvalue weighted by Crippen LogP contribution is 2.22. The minimum Gasteiger partial charge on any atom is -0.496 e. The lowest BCUT2D eigenvalue weighted by atomic mass is 10.1. The molecule has 0 aliphatic rings. The zero-order valence-electron chi connectivity index (χ0n) is 14.0. The molecule has 0 aliphatic carbocycles. The normalized spacial score (nSPS) is 10.8. The van der Waals surface area contributed by atoms with Crippen molar-refractivity contribution in [3.05, 3.63) is 76.9 Å². The topological polar surface area (TPSA) is 60.2 Å². The molecule has 5 nitrogen and oxygen atoms in total. The zero-order chi connectivity index (χ0) is 16.8. The van der Waals surface area contributed by atoms with Gasteiger partial charge >= 0.3 is 0 Å². The predicted molar refractivity (Wildman–Crippen MR) is 91.8 cm³/mol. The van der Waals surface area contributed by atoms with Crippen LogP contribution in [0.1, 0.15) is 28.4 Å². The molecule has 0 amide bonds. The highest BCUT2D eigenvalue weighted by Gasteiger charge is 2.09. The molecule has 1 N–H and O–H groups in total. The third kappa shape index (κ3) is 4.00. The summed E-state index contributed by atoms with van der Waals surface area (Å²) in [5, 5.41) is 7.36. The van der Waals surface area contributed by atoms with Crippen molar-refractivity contribution in [3.63, 3.8) is 0 Å². The smallest absolute Gasteiger partial charge is 0.240 e. The summed E-state index contributed by atoms with van der Waals surface area (Å²) < 4.78 is 10.8. The number of aryl methyl sites for hydroxylation is 1. The minimum atomic E-state index is 0.527. The van der Waals surface area contributed by atoms with Gasteiger partial charge in [0.25, 0.3) is 0 Å². The second kappa shape index (κ2) is 7.75. The van der Waals surface area contributed by atoms with E-state index in [4.69, 9.17) is 9.26 Å². The van der Waals surface area contributed by atoms with E-state index in [2.05, 4.69) is 27.6 Å². The van der Waals surface area contributed by atoms with Crippen LogP contribution in [0.3, 0.4) is 0 Å². The van der Waals surface area contributed by atoms with E-state index in [1.807, 2.05) is 43.3 Å². The fraction of sp³-hybridized carbons (Fsp3) is 0.263. The number of hydrogen-bond donors (Lipinski definition) is 1. The van der Waals surface area contributed by atoms with Crippen LogP contribution in [0.4, 0.5) is 0 Å². The quantitative estimate of drug-likeness (QED) is 0.723. The van der Waals surface area contributed by atoms with Crippen LogP contribution in [-0.4, -0.2) is 17.3 Å². The van der Waals surface area contributed by atoms with E-state index in [1.165, 1.54) is 5.56 Å². The standard InChI is InChI=1S/C19H21N3O2/c1-14-7-6-10-16(19(14)23-2)12-20-13-18-21-17(22-24-18)11-15-8-4-3-5-9-15/h3-10,20H,11-13H2,1-2H3. The number of rotatable bonds is 7. The van der Waals surface area contributed by atoms with E-state index in [-0.39, 0.29) is 0 Å². The monoisotopic (exact) mass is 323 g/mol. The number of hydrogen-bond acceptors (Lipinski definition) is 5.